The fourth-order valence-electron chi connectivity index (χ4n) is 2.12. The summed E-state index contributed by atoms with van der Waals surface area (Å²) in [6.45, 7) is 0. The third-order valence-corrected chi connectivity index (χ3v) is 4.98. The maximum atomic E-state index is 11.4. The van der Waals surface area contributed by atoms with Crippen LogP contribution in [-0.4, -0.2) is 33.1 Å². The summed E-state index contributed by atoms with van der Waals surface area (Å²) < 4.78 is 27.9. The topological polar surface area (TPSA) is 79.2 Å². The van der Waals surface area contributed by atoms with Gasteiger partial charge in [0.2, 0.25) is 0 Å². The van der Waals surface area contributed by atoms with E-state index in [1.54, 1.807) is 25.3 Å². The monoisotopic (exact) mass is 280 g/mol. The summed E-state index contributed by atoms with van der Waals surface area (Å²) in [6, 6.07) is 7.39. The lowest BCUT2D eigenvalue weighted by atomic mass is 10.1. The van der Waals surface area contributed by atoms with E-state index < -0.39 is 9.84 Å². The summed E-state index contributed by atoms with van der Waals surface area (Å²) in [4.78, 5) is 0. The zero-order chi connectivity index (χ0) is 13.9. The molecular weight excluding hydrogens is 264 g/mol. The van der Waals surface area contributed by atoms with Gasteiger partial charge in [0.1, 0.15) is 21.7 Å². The number of hydrogen-bond acceptors (Lipinski definition) is 5. The summed E-state index contributed by atoms with van der Waals surface area (Å²) in [6.07, 6.45) is 1.15. The van der Waals surface area contributed by atoms with E-state index in [0.29, 0.717) is 29.8 Å². The van der Waals surface area contributed by atoms with Gasteiger partial charge in [0.05, 0.1) is 29.9 Å². The first-order valence-electron chi connectivity index (χ1n) is 6.09. The van der Waals surface area contributed by atoms with E-state index in [9.17, 15) is 8.42 Å². The molecule has 1 heterocycles. The minimum Gasteiger partial charge on any atom is -0.497 e. The van der Waals surface area contributed by atoms with Crippen LogP contribution in [0.3, 0.4) is 0 Å². The smallest absolute Gasteiger partial charge is 0.150 e. The van der Waals surface area contributed by atoms with E-state index in [1.807, 2.05) is 0 Å². The Kier molecular flexibility index (Phi) is 3.96. The van der Waals surface area contributed by atoms with Crippen LogP contribution in [0.1, 0.15) is 18.4 Å². The molecule has 2 rings (SSSR count). The standard InChI is InChI=1S/C13H16N2O3S/c1-18-12-3-2-10(9-14)13(8-12)15-11-4-6-19(16,17)7-5-11/h2-3,8,11,15H,4-7H2,1H3. The van der Waals surface area contributed by atoms with Crippen LogP contribution < -0.4 is 10.1 Å². The fourth-order valence-corrected chi connectivity index (χ4v) is 3.61. The molecule has 0 spiro atoms. The fraction of sp³-hybridized carbons (Fsp3) is 0.462. The first kappa shape index (κ1) is 13.7. The van der Waals surface area contributed by atoms with Gasteiger partial charge in [0.15, 0.2) is 0 Å². The van der Waals surface area contributed by atoms with Crippen LogP contribution in [0.15, 0.2) is 18.2 Å². The van der Waals surface area contributed by atoms with Gasteiger partial charge in [-0.25, -0.2) is 8.42 Å². The van der Waals surface area contributed by atoms with E-state index >= 15 is 0 Å². The predicted molar refractivity (Wildman–Crippen MR) is 73.0 cm³/mol. The van der Waals surface area contributed by atoms with Crippen molar-refractivity contribution in [2.45, 2.75) is 18.9 Å². The summed E-state index contributed by atoms with van der Waals surface area (Å²) in [5, 5.41) is 12.3. The molecule has 5 nitrogen and oxygen atoms in total. The quantitative estimate of drug-likeness (QED) is 0.909. The number of ether oxygens (including phenoxy) is 1. The Hall–Kier alpha value is -1.74. The van der Waals surface area contributed by atoms with Crippen molar-refractivity contribution in [3.63, 3.8) is 0 Å². The molecule has 0 radical (unpaired) electrons. The van der Waals surface area contributed by atoms with E-state index in [-0.39, 0.29) is 17.5 Å². The number of anilines is 1. The molecule has 0 amide bonds. The van der Waals surface area contributed by atoms with Crippen molar-refractivity contribution in [1.82, 2.24) is 0 Å². The van der Waals surface area contributed by atoms with Crippen LogP contribution in [0.2, 0.25) is 0 Å². The molecule has 1 aromatic rings. The highest BCUT2D eigenvalue weighted by atomic mass is 32.2. The molecule has 102 valence electrons. The molecule has 1 N–H and O–H groups in total. The average molecular weight is 280 g/mol. The third-order valence-electron chi connectivity index (χ3n) is 3.26. The molecule has 0 aromatic heterocycles. The lowest BCUT2D eigenvalue weighted by Gasteiger charge is -2.24. The number of methoxy groups -OCH3 is 1. The Morgan fingerprint density at radius 3 is 2.63 bits per heavy atom. The van der Waals surface area contributed by atoms with Crippen LogP contribution in [0.5, 0.6) is 5.75 Å². The number of nitriles is 1. The zero-order valence-electron chi connectivity index (χ0n) is 10.7. The van der Waals surface area contributed by atoms with Gasteiger partial charge in [0.25, 0.3) is 0 Å². The van der Waals surface area contributed by atoms with E-state index in [1.165, 1.54) is 0 Å². The number of benzene rings is 1. The van der Waals surface area contributed by atoms with Crippen LogP contribution >= 0.6 is 0 Å². The number of sulfone groups is 1. The molecule has 1 aliphatic rings. The minimum absolute atomic E-state index is 0.0859. The van der Waals surface area contributed by atoms with E-state index in [4.69, 9.17) is 10.00 Å². The molecule has 1 saturated heterocycles. The molecule has 19 heavy (non-hydrogen) atoms. The minimum atomic E-state index is -2.87. The zero-order valence-corrected chi connectivity index (χ0v) is 11.5. The second-order valence-corrected chi connectivity index (χ2v) is 6.90. The largest absolute Gasteiger partial charge is 0.497 e. The molecular formula is C13H16N2O3S. The Morgan fingerprint density at radius 2 is 2.05 bits per heavy atom. The Balaban J connectivity index is 2.13. The van der Waals surface area contributed by atoms with Gasteiger partial charge in [-0.1, -0.05) is 0 Å². The molecule has 0 bridgehead atoms. The molecule has 1 aromatic carbocycles. The molecule has 0 unspecified atom stereocenters. The van der Waals surface area contributed by atoms with Crippen molar-refractivity contribution in [2.24, 2.45) is 0 Å². The molecule has 0 aliphatic carbocycles. The van der Waals surface area contributed by atoms with Crippen molar-refractivity contribution in [1.29, 1.82) is 5.26 Å². The molecule has 1 fully saturated rings. The molecule has 0 atom stereocenters. The summed E-state index contributed by atoms with van der Waals surface area (Å²) >= 11 is 0. The molecule has 1 aliphatic heterocycles. The number of hydrogen-bond donors (Lipinski definition) is 1. The normalized spacial score (nSPS) is 18.5. The summed E-state index contributed by atoms with van der Waals surface area (Å²) in [5.74, 6) is 1.08. The number of nitrogens with zero attached hydrogens (tertiary/aromatic N) is 1. The van der Waals surface area contributed by atoms with Crippen LogP contribution in [-0.2, 0) is 9.84 Å². The lowest BCUT2D eigenvalue weighted by Crippen LogP contribution is -2.32. The predicted octanol–water partition coefficient (Wildman–Crippen LogP) is 1.56. The maximum Gasteiger partial charge on any atom is 0.150 e. The van der Waals surface area contributed by atoms with Gasteiger partial charge < -0.3 is 10.1 Å². The van der Waals surface area contributed by atoms with Crippen molar-refractivity contribution < 1.29 is 13.2 Å². The van der Waals surface area contributed by atoms with Gasteiger partial charge in [-0.15, -0.1) is 0 Å². The van der Waals surface area contributed by atoms with Crippen LogP contribution in [0, 0.1) is 11.3 Å². The molecule has 0 saturated carbocycles. The van der Waals surface area contributed by atoms with E-state index in [0.717, 1.165) is 0 Å². The average Bonchev–Trinajstić information content (AvgIpc) is 2.41. The van der Waals surface area contributed by atoms with Gasteiger partial charge in [-0.3, -0.25) is 0 Å². The van der Waals surface area contributed by atoms with Crippen LogP contribution in [0.4, 0.5) is 5.69 Å². The lowest BCUT2D eigenvalue weighted by molar-refractivity contribution is 0.415. The van der Waals surface area contributed by atoms with Gasteiger partial charge in [-0.2, -0.15) is 5.26 Å². The SMILES string of the molecule is COc1ccc(C#N)c(NC2CCS(=O)(=O)CC2)c1. The van der Waals surface area contributed by atoms with Gasteiger partial charge in [-0.05, 0) is 25.0 Å². The highest BCUT2D eigenvalue weighted by Gasteiger charge is 2.23. The van der Waals surface area contributed by atoms with Crippen molar-refractivity contribution in [3.05, 3.63) is 23.8 Å². The van der Waals surface area contributed by atoms with Crippen molar-refractivity contribution in [2.75, 3.05) is 23.9 Å². The third kappa shape index (κ3) is 3.38. The number of nitrogens with one attached hydrogen (secondary N) is 1. The summed E-state index contributed by atoms with van der Waals surface area (Å²) in [5.41, 5.74) is 1.24. The second kappa shape index (κ2) is 5.49. The maximum absolute atomic E-state index is 11.4. The summed E-state index contributed by atoms with van der Waals surface area (Å²) in [7, 11) is -1.30. The van der Waals surface area contributed by atoms with Crippen molar-refractivity contribution >= 4 is 15.5 Å². The first-order valence-corrected chi connectivity index (χ1v) is 7.91. The number of rotatable bonds is 3. The second-order valence-electron chi connectivity index (χ2n) is 4.59. The van der Waals surface area contributed by atoms with Crippen molar-refractivity contribution in [3.8, 4) is 11.8 Å². The van der Waals surface area contributed by atoms with E-state index in [2.05, 4.69) is 11.4 Å². The van der Waals surface area contributed by atoms with Crippen LogP contribution in [0.25, 0.3) is 0 Å². The van der Waals surface area contributed by atoms with Gasteiger partial charge >= 0.3 is 0 Å². The Morgan fingerprint density at radius 1 is 1.37 bits per heavy atom. The Labute approximate surface area is 113 Å². The Bertz CT molecular complexity index is 591. The highest BCUT2D eigenvalue weighted by Crippen LogP contribution is 2.25. The highest BCUT2D eigenvalue weighted by molar-refractivity contribution is 7.91. The van der Waals surface area contributed by atoms with Gasteiger partial charge in [0, 0.05) is 12.1 Å². The first-order chi connectivity index (χ1) is 9.04. The molecule has 6 heteroatoms.